The van der Waals surface area contributed by atoms with E-state index >= 15 is 0 Å². The maximum Gasteiger partial charge on any atom is 0.136 e. The van der Waals surface area contributed by atoms with Gasteiger partial charge in [0.1, 0.15) is 11.2 Å². The van der Waals surface area contributed by atoms with Crippen LogP contribution in [0.25, 0.3) is 85.9 Å². The molecule has 0 aliphatic heterocycles. The van der Waals surface area contributed by atoms with Gasteiger partial charge in [-0.25, -0.2) is 0 Å². The van der Waals surface area contributed by atoms with E-state index in [0.717, 1.165) is 33.6 Å². The second kappa shape index (κ2) is 11.9. The van der Waals surface area contributed by atoms with Crippen LogP contribution in [0.1, 0.15) is 0 Å². The van der Waals surface area contributed by atoms with Crippen molar-refractivity contribution in [3.05, 3.63) is 188 Å². The summed E-state index contributed by atoms with van der Waals surface area (Å²) in [4.78, 5) is 2.38. The first-order valence-corrected chi connectivity index (χ1v) is 18.8. The second-order valence-corrected chi connectivity index (χ2v) is 14.7. The van der Waals surface area contributed by atoms with Gasteiger partial charge in [-0.1, -0.05) is 133 Å². The molecule has 0 unspecified atom stereocenters. The summed E-state index contributed by atoms with van der Waals surface area (Å²) < 4.78 is 9.17. The fourth-order valence-corrected chi connectivity index (χ4v) is 9.41. The lowest BCUT2D eigenvalue weighted by atomic mass is 9.97. The highest BCUT2D eigenvalue weighted by atomic mass is 32.1. The molecule has 0 aliphatic carbocycles. The average Bonchev–Trinajstić information content (AvgIpc) is 3.80. The summed E-state index contributed by atoms with van der Waals surface area (Å²) in [5.74, 6) is 0. The maximum atomic E-state index is 6.58. The van der Waals surface area contributed by atoms with E-state index in [1.807, 2.05) is 11.3 Å². The topological polar surface area (TPSA) is 16.4 Å². The molecule has 0 saturated carbocycles. The number of thiophene rings is 1. The third-order valence-electron chi connectivity index (χ3n) is 10.6. The Bertz CT molecular complexity index is 3170. The molecule has 0 amide bonds. The number of hydrogen-bond donors (Lipinski definition) is 0. The Morgan fingerprint density at radius 2 is 1.04 bits per heavy atom. The van der Waals surface area contributed by atoms with E-state index in [4.69, 9.17) is 4.42 Å². The monoisotopic (exact) mass is 693 g/mol. The molecule has 0 N–H and O–H groups in total. The normalized spacial score (nSPS) is 11.8. The molecule has 0 fully saturated rings. The lowest BCUT2D eigenvalue weighted by molar-refractivity contribution is 0.669. The first-order valence-electron chi connectivity index (χ1n) is 18.0. The number of rotatable bonds is 5. The number of benzene rings is 9. The molecule has 0 atom stereocenters. The molecule has 53 heavy (non-hydrogen) atoms. The molecule has 0 radical (unpaired) electrons. The SMILES string of the molecule is c1ccc(-c2ccc(N(c3cccc(-c4cccc5ccccc45)c3)c3ccc4oc5ccc6sc7c8ccccc8ccc7c6c5c4c3)cc2)cc1. The summed E-state index contributed by atoms with van der Waals surface area (Å²) in [5, 5.41) is 9.88. The minimum atomic E-state index is 0.889. The van der Waals surface area contributed by atoms with E-state index in [1.54, 1.807) is 0 Å². The number of nitrogens with zero attached hydrogens (tertiary/aromatic N) is 1. The molecule has 11 rings (SSSR count). The summed E-state index contributed by atoms with van der Waals surface area (Å²) >= 11 is 1.87. The number of furan rings is 1. The summed E-state index contributed by atoms with van der Waals surface area (Å²) in [6, 6.07) is 67.9. The first-order chi connectivity index (χ1) is 26.3. The van der Waals surface area contributed by atoms with Crippen molar-refractivity contribution in [3.63, 3.8) is 0 Å². The predicted molar refractivity (Wildman–Crippen MR) is 227 cm³/mol. The van der Waals surface area contributed by atoms with Crippen LogP contribution in [0.4, 0.5) is 17.1 Å². The molecule has 2 aromatic heterocycles. The third-order valence-corrected chi connectivity index (χ3v) is 11.8. The first kappa shape index (κ1) is 30.0. The molecular weight excluding hydrogens is 663 g/mol. The fourth-order valence-electron chi connectivity index (χ4n) is 8.16. The molecule has 11 aromatic rings. The lowest BCUT2D eigenvalue weighted by Gasteiger charge is -2.26. The highest BCUT2D eigenvalue weighted by Crippen LogP contribution is 2.46. The van der Waals surface area contributed by atoms with Crippen molar-refractivity contribution >= 4 is 92.1 Å². The van der Waals surface area contributed by atoms with Crippen LogP contribution in [-0.2, 0) is 0 Å². The minimum absolute atomic E-state index is 0.889. The van der Waals surface area contributed by atoms with Gasteiger partial charge in [0.2, 0.25) is 0 Å². The molecule has 0 bridgehead atoms. The van der Waals surface area contributed by atoms with Gasteiger partial charge < -0.3 is 9.32 Å². The van der Waals surface area contributed by atoms with E-state index in [9.17, 15) is 0 Å². The van der Waals surface area contributed by atoms with Crippen LogP contribution in [0, 0.1) is 0 Å². The van der Waals surface area contributed by atoms with Crippen LogP contribution in [0.15, 0.2) is 192 Å². The molecule has 3 heteroatoms. The summed E-state index contributed by atoms with van der Waals surface area (Å²) in [6.07, 6.45) is 0. The second-order valence-electron chi connectivity index (χ2n) is 13.7. The van der Waals surface area contributed by atoms with Gasteiger partial charge in [0.15, 0.2) is 0 Å². The average molecular weight is 694 g/mol. The van der Waals surface area contributed by atoms with Gasteiger partial charge in [0, 0.05) is 48.0 Å². The van der Waals surface area contributed by atoms with Crippen LogP contribution < -0.4 is 4.90 Å². The van der Waals surface area contributed by atoms with Gasteiger partial charge in [-0.05, 0) is 98.4 Å². The molecule has 0 saturated heterocycles. The quantitative estimate of drug-likeness (QED) is 0.178. The maximum absolute atomic E-state index is 6.58. The molecule has 2 nitrogen and oxygen atoms in total. The van der Waals surface area contributed by atoms with Gasteiger partial charge in [-0.2, -0.15) is 0 Å². The van der Waals surface area contributed by atoms with Crippen molar-refractivity contribution in [2.45, 2.75) is 0 Å². The Morgan fingerprint density at radius 3 is 1.91 bits per heavy atom. The number of fused-ring (bicyclic) bond motifs is 10. The van der Waals surface area contributed by atoms with E-state index in [2.05, 4.69) is 193 Å². The van der Waals surface area contributed by atoms with Crippen molar-refractivity contribution in [1.29, 1.82) is 0 Å². The highest BCUT2D eigenvalue weighted by molar-refractivity contribution is 7.27. The highest BCUT2D eigenvalue weighted by Gasteiger charge is 2.20. The number of hydrogen-bond acceptors (Lipinski definition) is 3. The van der Waals surface area contributed by atoms with Crippen LogP contribution in [0.2, 0.25) is 0 Å². The Kier molecular flexibility index (Phi) is 6.76. The van der Waals surface area contributed by atoms with E-state index < -0.39 is 0 Å². The van der Waals surface area contributed by atoms with Crippen LogP contribution in [0.5, 0.6) is 0 Å². The largest absolute Gasteiger partial charge is 0.456 e. The standard InChI is InChI=1S/C50H31NOS/c1-2-10-32(11-3-1)33-20-23-37(24-21-33)51(38-16-8-15-36(30-38)41-19-9-14-34-12-4-6-17-40(34)41)39-25-27-45-44(31-39)48-46(52-45)28-29-47-49(48)43-26-22-35-13-5-7-18-42(35)50(43)53-47/h1-31H. The van der Waals surface area contributed by atoms with Crippen LogP contribution in [0.3, 0.4) is 0 Å². The molecule has 0 aliphatic rings. The van der Waals surface area contributed by atoms with Gasteiger partial charge in [0.05, 0.1) is 0 Å². The zero-order valence-electron chi connectivity index (χ0n) is 28.7. The summed E-state index contributed by atoms with van der Waals surface area (Å²) in [7, 11) is 0. The van der Waals surface area contributed by atoms with Crippen molar-refractivity contribution in [2.24, 2.45) is 0 Å². The predicted octanol–water partition coefficient (Wildman–Crippen LogP) is 15.1. The zero-order valence-corrected chi connectivity index (χ0v) is 29.5. The van der Waals surface area contributed by atoms with Crippen LogP contribution in [-0.4, -0.2) is 0 Å². The van der Waals surface area contributed by atoms with Crippen molar-refractivity contribution in [2.75, 3.05) is 4.90 Å². The van der Waals surface area contributed by atoms with Gasteiger partial charge >= 0.3 is 0 Å². The smallest absolute Gasteiger partial charge is 0.136 e. The Balaban J connectivity index is 1.13. The Morgan fingerprint density at radius 1 is 0.377 bits per heavy atom. The van der Waals surface area contributed by atoms with Crippen molar-refractivity contribution in [1.82, 2.24) is 0 Å². The van der Waals surface area contributed by atoms with E-state index in [-0.39, 0.29) is 0 Å². The summed E-state index contributed by atoms with van der Waals surface area (Å²) in [6.45, 7) is 0. The van der Waals surface area contributed by atoms with Gasteiger partial charge in [-0.3, -0.25) is 0 Å². The number of anilines is 3. The van der Waals surface area contributed by atoms with E-state index in [1.165, 1.54) is 69.4 Å². The lowest BCUT2D eigenvalue weighted by Crippen LogP contribution is -2.10. The molecule has 9 aromatic carbocycles. The van der Waals surface area contributed by atoms with Crippen molar-refractivity contribution in [3.8, 4) is 22.3 Å². The zero-order chi connectivity index (χ0) is 34.9. The molecule has 248 valence electrons. The summed E-state index contributed by atoms with van der Waals surface area (Å²) in [5.41, 5.74) is 9.85. The van der Waals surface area contributed by atoms with Crippen molar-refractivity contribution < 1.29 is 4.42 Å². The Labute approximate surface area is 310 Å². The molecule has 2 heterocycles. The third kappa shape index (κ3) is 4.86. The van der Waals surface area contributed by atoms with Gasteiger partial charge in [0.25, 0.3) is 0 Å². The fraction of sp³-hybridized carbons (Fsp3) is 0. The molecular formula is C50H31NOS. The van der Waals surface area contributed by atoms with E-state index in [0.29, 0.717) is 0 Å². The Hall–Kier alpha value is -6.68. The molecule has 0 spiro atoms. The van der Waals surface area contributed by atoms with Crippen LogP contribution >= 0.6 is 11.3 Å². The van der Waals surface area contributed by atoms with Gasteiger partial charge in [-0.15, -0.1) is 11.3 Å². The minimum Gasteiger partial charge on any atom is -0.456 e.